The monoisotopic (exact) mass is 291 g/mol. The first-order valence-electron chi connectivity index (χ1n) is 7.24. The molecule has 1 amide bonds. The summed E-state index contributed by atoms with van der Waals surface area (Å²) in [7, 11) is 0. The van der Waals surface area contributed by atoms with Crippen LogP contribution in [0.1, 0.15) is 24.8 Å². The fourth-order valence-electron chi connectivity index (χ4n) is 2.43. The highest BCUT2D eigenvalue weighted by molar-refractivity contribution is 5.77. The van der Waals surface area contributed by atoms with Gasteiger partial charge in [0, 0.05) is 25.4 Å². The van der Waals surface area contributed by atoms with Gasteiger partial charge in [-0.2, -0.15) is 0 Å². The minimum Gasteiger partial charge on any atom is -0.493 e. The molecule has 0 atom stereocenters. The van der Waals surface area contributed by atoms with Crippen LogP contribution in [0.15, 0.2) is 24.3 Å². The third-order valence-corrected chi connectivity index (χ3v) is 3.66. The lowest BCUT2D eigenvalue weighted by Gasteiger charge is -2.38. The molecule has 1 heterocycles. The molecular weight excluding hydrogens is 270 g/mol. The summed E-state index contributed by atoms with van der Waals surface area (Å²) in [5, 5.41) is 8.66. The van der Waals surface area contributed by atoms with E-state index in [1.54, 1.807) is 4.90 Å². The van der Waals surface area contributed by atoms with Crippen molar-refractivity contribution in [2.24, 2.45) is 5.92 Å². The largest absolute Gasteiger partial charge is 0.493 e. The molecule has 1 aromatic carbocycles. The third-order valence-electron chi connectivity index (χ3n) is 3.66. The van der Waals surface area contributed by atoms with Crippen LogP contribution in [0.2, 0.25) is 0 Å². The van der Waals surface area contributed by atoms with Gasteiger partial charge >= 0.3 is 5.97 Å². The Morgan fingerprint density at radius 1 is 1.33 bits per heavy atom. The van der Waals surface area contributed by atoms with Gasteiger partial charge in [-0.1, -0.05) is 18.2 Å². The Balaban J connectivity index is 1.60. The topological polar surface area (TPSA) is 66.8 Å². The van der Waals surface area contributed by atoms with Gasteiger partial charge in [0.1, 0.15) is 5.75 Å². The number of hydrogen-bond acceptors (Lipinski definition) is 3. The number of amides is 1. The van der Waals surface area contributed by atoms with Gasteiger partial charge in [-0.3, -0.25) is 9.59 Å². The van der Waals surface area contributed by atoms with E-state index in [0.717, 1.165) is 11.3 Å². The molecule has 114 valence electrons. The number of aliphatic carboxylic acids is 1. The van der Waals surface area contributed by atoms with Gasteiger partial charge < -0.3 is 14.7 Å². The lowest BCUT2D eigenvalue weighted by atomic mass is 9.96. The summed E-state index contributed by atoms with van der Waals surface area (Å²) in [5.41, 5.74) is 1.09. The van der Waals surface area contributed by atoms with Gasteiger partial charge in [-0.25, -0.2) is 0 Å². The molecule has 5 heteroatoms. The standard InChI is InChI=1S/C16H21NO4/c1-12-5-2-3-6-14(12)21-8-4-7-15(18)17-10-13(11-17)9-16(19)20/h2-3,5-6,13H,4,7-11H2,1H3,(H,19,20). The van der Waals surface area contributed by atoms with Crippen LogP contribution in [-0.4, -0.2) is 41.6 Å². The Morgan fingerprint density at radius 3 is 2.71 bits per heavy atom. The third kappa shape index (κ3) is 4.48. The molecule has 0 saturated carbocycles. The fourth-order valence-corrected chi connectivity index (χ4v) is 2.43. The minimum atomic E-state index is -0.793. The average Bonchev–Trinajstić information content (AvgIpc) is 2.39. The summed E-state index contributed by atoms with van der Waals surface area (Å²) in [6.45, 7) is 3.65. The van der Waals surface area contributed by atoms with Crippen molar-refractivity contribution in [1.82, 2.24) is 4.90 Å². The first-order chi connectivity index (χ1) is 10.1. The number of carboxylic acids is 1. The van der Waals surface area contributed by atoms with Gasteiger partial charge in [0.25, 0.3) is 0 Å². The zero-order valence-corrected chi connectivity index (χ0v) is 12.2. The van der Waals surface area contributed by atoms with E-state index in [9.17, 15) is 9.59 Å². The first-order valence-corrected chi connectivity index (χ1v) is 7.24. The van der Waals surface area contributed by atoms with E-state index < -0.39 is 5.97 Å². The molecule has 0 radical (unpaired) electrons. The highest BCUT2D eigenvalue weighted by atomic mass is 16.5. The van der Waals surface area contributed by atoms with Crippen LogP contribution in [0.4, 0.5) is 0 Å². The van der Waals surface area contributed by atoms with E-state index in [4.69, 9.17) is 9.84 Å². The number of nitrogens with zero attached hydrogens (tertiary/aromatic N) is 1. The predicted molar refractivity (Wildman–Crippen MR) is 78.2 cm³/mol. The molecule has 1 N–H and O–H groups in total. The van der Waals surface area contributed by atoms with Crippen molar-refractivity contribution in [1.29, 1.82) is 0 Å². The zero-order valence-electron chi connectivity index (χ0n) is 12.2. The van der Waals surface area contributed by atoms with Gasteiger partial charge in [0.2, 0.25) is 5.91 Å². The van der Waals surface area contributed by atoms with Gasteiger partial charge in [-0.05, 0) is 25.0 Å². The molecule has 0 unspecified atom stereocenters. The minimum absolute atomic E-state index is 0.0880. The Kier molecular flexibility index (Phi) is 5.20. The Morgan fingerprint density at radius 2 is 2.05 bits per heavy atom. The average molecular weight is 291 g/mol. The van der Waals surface area contributed by atoms with Crippen LogP contribution < -0.4 is 4.74 Å². The van der Waals surface area contributed by atoms with E-state index >= 15 is 0 Å². The normalized spacial score (nSPS) is 14.6. The van der Waals surface area contributed by atoms with E-state index in [1.165, 1.54) is 0 Å². The van der Waals surface area contributed by atoms with Crippen molar-refractivity contribution in [2.75, 3.05) is 19.7 Å². The van der Waals surface area contributed by atoms with Crippen LogP contribution in [0.3, 0.4) is 0 Å². The van der Waals surface area contributed by atoms with E-state index in [1.807, 2.05) is 31.2 Å². The van der Waals surface area contributed by atoms with Crippen molar-refractivity contribution in [3.63, 3.8) is 0 Å². The second kappa shape index (κ2) is 7.11. The number of ether oxygens (including phenoxy) is 1. The number of carboxylic acid groups (broad SMARTS) is 1. The number of likely N-dealkylation sites (tertiary alicyclic amines) is 1. The van der Waals surface area contributed by atoms with Crippen molar-refractivity contribution >= 4 is 11.9 Å². The van der Waals surface area contributed by atoms with Crippen molar-refractivity contribution in [3.05, 3.63) is 29.8 Å². The number of rotatable bonds is 7. The Labute approximate surface area is 124 Å². The molecule has 0 aliphatic carbocycles. The molecule has 0 bridgehead atoms. The molecule has 2 rings (SSSR count). The Hall–Kier alpha value is -2.04. The summed E-state index contributed by atoms with van der Waals surface area (Å²) < 4.78 is 5.64. The molecule has 1 aliphatic heterocycles. The zero-order chi connectivity index (χ0) is 15.2. The maximum Gasteiger partial charge on any atom is 0.303 e. The van der Waals surface area contributed by atoms with Crippen LogP contribution in [0.25, 0.3) is 0 Å². The molecule has 21 heavy (non-hydrogen) atoms. The summed E-state index contributed by atoms with van der Waals surface area (Å²) in [5.74, 6) is 0.272. The van der Waals surface area contributed by atoms with Crippen LogP contribution in [-0.2, 0) is 9.59 Å². The predicted octanol–water partition coefficient (Wildman–Crippen LogP) is 2.09. The van der Waals surface area contributed by atoms with Crippen LogP contribution >= 0.6 is 0 Å². The summed E-state index contributed by atoms with van der Waals surface area (Å²) in [6.07, 6.45) is 1.28. The summed E-state index contributed by atoms with van der Waals surface area (Å²) in [6, 6.07) is 7.80. The molecule has 1 aromatic rings. The molecule has 1 aliphatic rings. The van der Waals surface area contributed by atoms with Crippen LogP contribution in [0.5, 0.6) is 5.75 Å². The maximum absolute atomic E-state index is 11.9. The van der Waals surface area contributed by atoms with Gasteiger partial charge in [-0.15, -0.1) is 0 Å². The van der Waals surface area contributed by atoms with Gasteiger partial charge in [0.05, 0.1) is 13.0 Å². The molecule has 1 saturated heterocycles. The van der Waals surface area contributed by atoms with Crippen LogP contribution in [0, 0.1) is 12.8 Å². The highest BCUT2D eigenvalue weighted by Gasteiger charge is 2.31. The molecule has 0 spiro atoms. The second-order valence-electron chi connectivity index (χ2n) is 5.48. The van der Waals surface area contributed by atoms with E-state index in [0.29, 0.717) is 32.5 Å². The number of benzene rings is 1. The number of hydrogen-bond donors (Lipinski definition) is 1. The van der Waals surface area contributed by atoms with E-state index in [2.05, 4.69) is 0 Å². The molecule has 0 aromatic heterocycles. The number of para-hydroxylation sites is 1. The second-order valence-corrected chi connectivity index (χ2v) is 5.48. The number of aryl methyl sites for hydroxylation is 1. The summed E-state index contributed by atoms with van der Waals surface area (Å²) >= 11 is 0. The lowest BCUT2D eigenvalue weighted by molar-refractivity contribution is -0.145. The number of carbonyl (C=O) groups excluding carboxylic acids is 1. The fraction of sp³-hybridized carbons (Fsp3) is 0.500. The smallest absolute Gasteiger partial charge is 0.303 e. The lowest BCUT2D eigenvalue weighted by Crippen LogP contribution is -2.50. The summed E-state index contributed by atoms with van der Waals surface area (Å²) in [4.78, 5) is 24.1. The maximum atomic E-state index is 11.9. The van der Waals surface area contributed by atoms with E-state index in [-0.39, 0.29) is 18.2 Å². The first kappa shape index (κ1) is 15.4. The molecule has 5 nitrogen and oxygen atoms in total. The van der Waals surface area contributed by atoms with Crippen molar-refractivity contribution in [3.8, 4) is 5.75 Å². The van der Waals surface area contributed by atoms with Gasteiger partial charge in [0.15, 0.2) is 0 Å². The van der Waals surface area contributed by atoms with Crippen molar-refractivity contribution in [2.45, 2.75) is 26.2 Å². The Bertz CT molecular complexity index is 509. The number of carbonyl (C=O) groups is 2. The SMILES string of the molecule is Cc1ccccc1OCCCC(=O)N1CC(CC(=O)O)C1. The highest BCUT2D eigenvalue weighted by Crippen LogP contribution is 2.20. The quantitative estimate of drug-likeness (QED) is 0.781. The molecule has 1 fully saturated rings. The van der Waals surface area contributed by atoms with Crippen molar-refractivity contribution < 1.29 is 19.4 Å². The molecular formula is C16H21NO4.